The van der Waals surface area contributed by atoms with Gasteiger partial charge in [-0.05, 0) is 29.8 Å². The number of aliphatic carboxylic acids is 1. The van der Waals surface area contributed by atoms with Crippen LogP contribution in [-0.4, -0.2) is 44.2 Å². The number of pyridine rings is 1. The molecule has 1 amide bonds. The number of aromatic nitrogens is 3. The molecule has 1 aromatic carbocycles. The second kappa shape index (κ2) is 11.1. The molecule has 0 unspecified atom stereocenters. The number of alkyl halides is 6. The molecule has 0 fully saturated rings. The average molecular weight is 547 g/mol. The summed E-state index contributed by atoms with van der Waals surface area (Å²) in [6, 6.07) is 8.29. The Balaban J connectivity index is 0.000000505. The minimum Gasteiger partial charge on any atom is -0.475 e. The highest BCUT2D eigenvalue weighted by Gasteiger charge is 2.38. The number of imidazole rings is 1. The van der Waals surface area contributed by atoms with Gasteiger partial charge in [-0.25, -0.2) is 19.2 Å². The number of amides is 1. The molecule has 0 radical (unpaired) electrons. The first-order valence-electron chi connectivity index (χ1n) is 10.8. The van der Waals surface area contributed by atoms with Crippen molar-refractivity contribution in [3.8, 4) is 0 Å². The Labute approximate surface area is 210 Å². The molecule has 1 aliphatic heterocycles. The number of carboxylic acid groups (broad SMARTS) is 1. The maximum Gasteiger partial charge on any atom is 0.490 e. The van der Waals surface area contributed by atoms with E-state index < -0.39 is 23.9 Å². The lowest BCUT2D eigenvalue weighted by molar-refractivity contribution is -0.192. The lowest BCUT2D eigenvalue weighted by Gasteiger charge is -2.27. The summed E-state index contributed by atoms with van der Waals surface area (Å²) >= 11 is 0. The molecule has 38 heavy (non-hydrogen) atoms. The number of rotatable bonds is 4. The molecular formula is C23H20F7N5O3. The van der Waals surface area contributed by atoms with Gasteiger partial charge in [0.1, 0.15) is 11.6 Å². The van der Waals surface area contributed by atoms with Crippen LogP contribution in [0.3, 0.4) is 0 Å². The topological polar surface area (TPSA) is 100 Å². The second-order valence-corrected chi connectivity index (χ2v) is 8.08. The van der Waals surface area contributed by atoms with Crippen LogP contribution in [0.2, 0.25) is 0 Å². The fourth-order valence-electron chi connectivity index (χ4n) is 3.58. The minimum absolute atomic E-state index is 0.162. The van der Waals surface area contributed by atoms with Crippen LogP contribution in [-0.2, 0) is 37.5 Å². The average Bonchev–Trinajstić information content (AvgIpc) is 3.18. The molecular weight excluding hydrogens is 527 g/mol. The van der Waals surface area contributed by atoms with Gasteiger partial charge in [-0.1, -0.05) is 12.1 Å². The van der Waals surface area contributed by atoms with Crippen LogP contribution >= 0.6 is 0 Å². The first kappa shape index (κ1) is 28.4. The Morgan fingerprint density at radius 1 is 1.11 bits per heavy atom. The van der Waals surface area contributed by atoms with Crippen molar-refractivity contribution in [1.82, 2.24) is 19.9 Å². The zero-order valence-corrected chi connectivity index (χ0v) is 19.6. The molecule has 0 saturated heterocycles. The summed E-state index contributed by atoms with van der Waals surface area (Å²) in [5.41, 5.74) is 1.39. The Kier molecular flexibility index (Phi) is 8.27. The molecule has 0 aliphatic carbocycles. The minimum atomic E-state index is -5.08. The highest BCUT2D eigenvalue weighted by Crippen LogP contribution is 2.30. The molecule has 0 atom stereocenters. The van der Waals surface area contributed by atoms with Gasteiger partial charge < -0.3 is 19.9 Å². The summed E-state index contributed by atoms with van der Waals surface area (Å²) in [5.74, 6) is -2.88. The van der Waals surface area contributed by atoms with Gasteiger partial charge in [-0.15, -0.1) is 0 Å². The smallest absolute Gasteiger partial charge is 0.475 e. The normalized spacial score (nSPS) is 13.3. The van der Waals surface area contributed by atoms with Crippen LogP contribution in [0.5, 0.6) is 0 Å². The van der Waals surface area contributed by atoms with Gasteiger partial charge in [0.25, 0.3) is 5.91 Å². The number of carbonyl (C=O) groups is 2. The number of fused-ring (bicyclic) bond motifs is 1. The summed E-state index contributed by atoms with van der Waals surface area (Å²) in [4.78, 5) is 31.7. The lowest BCUT2D eigenvalue weighted by Crippen LogP contribution is -2.31. The number of hydrogen-bond acceptors (Lipinski definition) is 5. The van der Waals surface area contributed by atoms with E-state index in [4.69, 9.17) is 9.90 Å². The van der Waals surface area contributed by atoms with Gasteiger partial charge in [0, 0.05) is 38.4 Å². The van der Waals surface area contributed by atoms with Crippen LogP contribution in [0.1, 0.15) is 33.1 Å². The van der Waals surface area contributed by atoms with Gasteiger partial charge >= 0.3 is 18.3 Å². The summed E-state index contributed by atoms with van der Waals surface area (Å²) in [6.45, 7) is 1.03. The van der Waals surface area contributed by atoms with Crippen LogP contribution in [0.15, 0.2) is 42.6 Å². The Morgan fingerprint density at radius 3 is 2.34 bits per heavy atom. The molecule has 4 rings (SSSR count). The summed E-state index contributed by atoms with van der Waals surface area (Å²) in [5, 5.41) is 9.86. The molecule has 2 aromatic heterocycles. The maximum atomic E-state index is 13.3. The van der Waals surface area contributed by atoms with Crippen LogP contribution in [0, 0.1) is 5.82 Å². The number of nitrogens with one attached hydrogen (secondary N) is 1. The summed E-state index contributed by atoms with van der Waals surface area (Å²) < 4.78 is 85.0. The van der Waals surface area contributed by atoms with Crippen LogP contribution in [0.25, 0.3) is 0 Å². The number of nitrogens with zero attached hydrogens (tertiary/aromatic N) is 4. The van der Waals surface area contributed by atoms with Gasteiger partial charge in [-0.2, -0.15) is 26.3 Å². The zero-order chi connectivity index (χ0) is 28.3. The van der Waals surface area contributed by atoms with Gasteiger partial charge in [0.05, 0.1) is 17.8 Å². The van der Waals surface area contributed by atoms with E-state index in [1.54, 1.807) is 23.7 Å². The Bertz CT molecular complexity index is 1300. The summed E-state index contributed by atoms with van der Waals surface area (Å²) in [7, 11) is 1.75. The Morgan fingerprint density at radius 2 is 1.79 bits per heavy atom. The largest absolute Gasteiger partial charge is 0.490 e. The van der Waals surface area contributed by atoms with E-state index in [-0.39, 0.29) is 24.1 Å². The number of benzene rings is 1. The van der Waals surface area contributed by atoms with Crippen LogP contribution in [0.4, 0.5) is 36.6 Å². The van der Waals surface area contributed by atoms with E-state index in [0.29, 0.717) is 36.6 Å². The summed E-state index contributed by atoms with van der Waals surface area (Å²) in [6.07, 6.45) is -8.14. The SMILES string of the molecule is Cn1c(C(=O)NCc2cccc(F)c2)nc2c1CCN(c1ccc(C(F)(F)F)cn1)C2.O=C(O)C(F)(F)F. The molecule has 0 spiro atoms. The molecule has 8 nitrogen and oxygen atoms in total. The highest BCUT2D eigenvalue weighted by atomic mass is 19.4. The molecule has 15 heteroatoms. The zero-order valence-electron chi connectivity index (χ0n) is 19.6. The number of carbonyl (C=O) groups excluding carboxylic acids is 1. The fourth-order valence-corrected chi connectivity index (χ4v) is 3.58. The quantitative estimate of drug-likeness (QED) is 0.478. The van der Waals surface area contributed by atoms with E-state index in [1.165, 1.54) is 18.2 Å². The van der Waals surface area contributed by atoms with E-state index >= 15 is 0 Å². The van der Waals surface area contributed by atoms with Crippen molar-refractivity contribution in [3.63, 3.8) is 0 Å². The number of carboxylic acids is 1. The molecule has 0 bridgehead atoms. The predicted molar refractivity (Wildman–Crippen MR) is 118 cm³/mol. The standard InChI is InChI=1S/C21H19F4N5O.C2HF3O2/c1-29-17-7-8-30(18-6-5-14(11-26-18)21(23,24)25)12-16(17)28-19(29)20(31)27-10-13-3-2-4-15(22)9-13;3-2(4,5)1(6)7/h2-6,9,11H,7-8,10,12H2,1H3,(H,27,31);(H,6,7). The first-order chi connectivity index (χ1) is 17.7. The third kappa shape index (κ3) is 6.98. The van der Waals surface area contributed by atoms with Crippen molar-refractivity contribution in [2.75, 3.05) is 11.4 Å². The van der Waals surface area contributed by atoms with E-state index in [0.717, 1.165) is 18.0 Å². The second-order valence-electron chi connectivity index (χ2n) is 8.08. The van der Waals surface area contributed by atoms with Gasteiger partial charge in [0.15, 0.2) is 5.82 Å². The van der Waals surface area contributed by atoms with Crippen molar-refractivity contribution >= 4 is 17.7 Å². The third-order valence-corrected chi connectivity index (χ3v) is 5.44. The monoisotopic (exact) mass is 547 g/mol. The third-order valence-electron chi connectivity index (χ3n) is 5.44. The number of halogens is 7. The van der Waals surface area contributed by atoms with Crippen molar-refractivity contribution in [2.45, 2.75) is 31.9 Å². The molecule has 3 aromatic rings. The fraction of sp³-hybridized carbons (Fsp3) is 0.304. The number of anilines is 1. The van der Waals surface area contributed by atoms with E-state index in [2.05, 4.69) is 15.3 Å². The predicted octanol–water partition coefficient (Wildman–Crippen LogP) is 4.10. The van der Waals surface area contributed by atoms with E-state index in [1.807, 2.05) is 4.90 Å². The Hall–Kier alpha value is -4.17. The lowest BCUT2D eigenvalue weighted by atomic mass is 10.1. The maximum absolute atomic E-state index is 13.3. The van der Waals surface area contributed by atoms with Crippen molar-refractivity contribution < 1.29 is 45.4 Å². The van der Waals surface area contributed by atoms with Crippen molar-refractivity contribution in [2.24, 2.45) is 7.05 Å². The highest BCUT2D eigenvalue weighted by molar-refractivity contribution is 5.91. The first-order valence-corrected chi connectivity index (χ1v) is 10.8. The van der Waals surface area contributed by atoms with Crippen molar-refractivity contribution in [1.29, 1.82) is 0 Å². The molecule has 0 saturated carbocycles. The molecule has 204 valence electrons. The number of hydrogen-bond donors (Lipinski definition) is 2. The molecule has 1 aliphatic rings. The van der Waals surface area contributed by atoms with Crippen molar-refractivity contribution in [3.05, 3.63) is 76.8 Å². The van der Waals surface area contributed by atoms with Gasteiger partial charge in [0.2, 0.25) is 0 Å². The molecule has 3 heterocycles. The van der Waals surface area contributed by atoms with Crippen LogP contribution < -0.4 is 10.2 Å². The van der Waals surface area contributed by atoms with E-state index in [9.17, 15) is 35.5 Å². The molecule has 2 N–H and O–H groups in total. The van der Waals surface area contributed by atoms with Gasteiger partial charge in [-0.3, -0.25) is 4.79 Å².